The van der Waals surface area contributed by atoms with E-state index < -0.39 is 5.97 Å². The maximum Gasteiger partial charge on any atom is 0.414 e. The molecule has 1 aliphatic rings. The predicted molar refractivity (Wildman–Crippen MR) is 111 cm³/mol. The Morgan fingerprint density at radius 2 is 1.97 bits per heavy atom. The average Bonchev–Trinajstić information content (AvgIpc) is 3.17. The lowest BCUT2D eigenvalue weighted by atomic mass is 10.1. The van der Waals surface area contributed by atoms with E-state index in [4.69, 9.17) is 19.0 Å². The molecule has 2 aromatic carbocycles. The minimum Gasteiger partial charge on any atom is -0.483 e. The minimum atomic E-state index is -0.434. The average molecular weight is 412 g/mol. The van der Waals surface area contributed by atoms with Crippen LogP contribution >= 0.6 is 0 Å². The topological polar surface area (TPSA) is 86.7 Å². The van der Waals surface area contributed by atoms with E-state index in [0.29, 0.717) is 42.7 Å². The molecule has 0 aliphatic carbocycles. The van der Waals surface area contributed by atoms with Crippen molar-refractivity contribution < 1.29 is 28.6 Å². The van der Waals surface area contributed by atoms with Gasteiger partial charge in [0.15, 0.2) is 11.5 Å². The third-order valence-electron chi connectivity index (χ3n) is 4.19. The molecule has 2 aromatic rings. The zero-order valence-corrected chi connectivity index (χ0v) is 17.0. The highest BCUT2D eigenvalue weighted by molar-refractivity contribution is 6.03. The van der Waals surface area contributed by atoms with E-state index in [1.165, 1.54) is 6.92 Å². The Labute approximate surface area is 175 Å². The number of benzene rings is 2. The molecule has 1 heterocycles. The monoisotopic (exact) mass is 412 g/mol. The largest absolute Gasteiger partial charge is 0.483 e. The quantitative estimate of drug-likeness (QED) is 0.205. The second-order valence-corrected chi connectivity index (χ2v) is 6.52. The van der Waals surface area contributed by atoms with Crippen molar-refractivity contribution >= 4 is 23.5 Å². The molecule has 158 valence electrons. The van der Waals surface area contributed by atoms with Crippen LogP contribution in [0.4, 0.5) is 10.5 Å². The van der Waals surface area contributed by atoms with Gasteiger partial charge < -0.3 is 19.0 Å². The number of nitrogens with zero attached hydrogens (tertiary/aromatic N) is 2. The third kappa shape index (κ3) is 5.50. The van der Waals surface area contributed by atoms with Crippen molar-refractivity contribution in [2.45, 2.75) is 20.3 Å². The second kappa shape index (κ2) is 10.3. The van der Waals surface area contributed by atoms with Crippen LogP contribution in [0, 0.1) is 0 Å². The molecular weight excluding hydrogens is 388 g/mol. The number of hydrogen-bond acceptors (Lipinski definition) is 7. The first-order valence-electron chi connectivity index (χ1n) is 9.72. The normalized spacial score (nSPS) is 13.7. The van der Waals surface area contributed by atoms with Crippen LogP contribution in [0.1, 0.15) is 25.8 Å². The summed E-state index contributed by atoms with van der Waals surface area (Å²) in [5, 5.41) is 4.23. The molecule has 0 saturated carbocycles. The Hall–Kier alpha value is -3.55. The van der Waals surface area contributed by atoms with Gasteiger partial charge in [-0.05, 0) is 30.7 Å². The van der Waals surface area contributed by atoms with Crippen molar-refractivity contribution in [3.63, 3.8) is 0 Å². The highest BCUT2D eigenvalue weighted by Gasteiger charge is 2.24. The van der Waals surface area contributed by atoms with Crippen LogP contribution in [0.2, 0.25) is 0 Å². The molecule has 1 fully saturated rings. The van der Waals surface area contributed by atoms with E-state index in [0.717, 1.165) is 12.0 Å². The van der Waals surface area contributed by atoms with Crippen molar-refractivity contribution in [3.05, 3.63) is 54.1 Å². The first-order valence-corrected chi connectivity index (χ1v) is 9.72. The van der Waals surface area contributed by atoms with Crippen molar-refractivity contribution in [1.82, 2.24) is 0 Å². The van der Waals surface area contributed by atoms with Crippen molar-refractivity contribution in [2.75, 3.05) is 31.3 Å². The maximum absolute atomic E-state index is 11.9. The summed E-state index contributed by atoms with van der Waals surface area (Å²) in [6, 6.07) is 14.3. The molecule has 0 N–H and O–H groups in total. The fourth-order valence-electron chi connectivity index (χ4n) is 2.81. The number of rotatable bonds is 9. The van der Waals surface area contributed by atoms with Gasteiger partial charge in [-0.25, -0.2) is 4.79 Å². The van der Waals surface area contributed by atoms with Gasteiger partial charge in [0.2, 0.25) is 0 Å². The van der Waals surface area contributed by atoms with Crippen LogP contribution in [0.3, 0.4) is 0 Å². The van der Waals surface area contributed by atoms with E-state index >= 15 is 0 Å². The van der Waals surface area contributed by atoms with E-state index in [1.807, 2.05) is 31.2 Å². The highest BCUT2D eigenvalue weighted by Crippen LogP contribution is 2.27. The molecule has 3 rings (SSSR count). The van der Waals surface area contributed by atoms with Crippen LogP contribution in [0.5, 0.6) is 11.5 Å². The number of carbonyl (C=O) groups excluding carboxylic acids is 2. The summed E-state index contributed by atoms with van der Waals surface area (Å²) in [4.78, 5) is 30.2. The van der Waals surface area contributed by atoms with Gasteiger partial charge in [0.25, 0.3) is 0 Å². The molecule has 30 heavy (non-hydrogen) atoms. The van der Waals surface area contributed by atoms with Gasteiger partial charge in [-0.2, -0.15) is 0 Å². The number of carbonyl (C=O) groups is 2. The molecule has 1 saturated heterocycles. The molecule has 0 unspecified atom stereocenters. The Morgan fingerprint density at radius 1 is 1.17 bits per heavy atom. The molecule has 1 aliphatic heterocycles. The lowest BCUT2D eigenvalue weighted by molar-refractivity contribution is -0.132. The van der Waals surface area contributed by atoms with Gasteiger partial charge in [-0.15, -0.1) is 0 Å². The number of amides is 1. The molecule has 8 heteroatoms. The minimum absolute atomic E-state index is 0.0793. The lowest BCUT2D eigenvalue weighted by Crippen LogP contribution is -2.24. The molecule has 0 radical (unpaired) electrons. The summed E-state index contributed by atoms with van der Waals surface area (Å²) in [6.45, 7) is 4.71. The smallest absolute Gasteiger partial charge is 0.414 e. The fraction of sp³-hybridized carbons (Fsp3) is 0.318. The third-order valence-corrected chi connectivity index (χ3v) is 4.19. The summed E-state index contributed by atoms with van der Waals surface area (Å²) in [6.07, 6.45) is 0.437. The number of hydrogen-bond donors (Lipinski definition) is 0. The molecular formula is C22H24N2O6. The SMILES string of the molecule is CCCON=C(COc1ccccc1OC(C)=O)c1cccc(N2CCOC2=O)c1. The first kappa shape index (κ1) is 21.2. The number of ether oxygens (including phenoxy) is 3. The fourth-order valence-corrected chi connectivity index (χ4v) is 2.81. The van der Waals surface area contributed by atoms with Crippen molar-refractivity contribution in [3.8, 4) is 11.5 Å². The molecule has 0 bridgehead atoms. The summed E-state index contributed by atoms with van der Waals surface area (Å²) in [5.74, 6) is 0.305. The number of anilines is 1. The van der Waals surface area contributed by atoms with Gasteiger partial charge in [-0.3, -0.25) is 9.69 Å². The Morgan fingerprint density at radius 3 is 2.67 bits per heavy atom. The number of oxime groups is 1. The predicted octanol–water partition coefficient (Wildman–Crippen LogP) is 3.78. The van der Waals surface area contributed by atoms with Gasteiger partial charge >= 0.3 is 12.1 Å². The molecule has 0 spiro atoms. The van der Waals surface area contributed by atoms with Gasteiger partial charge in [0.05, 0.1) is 6.54 Å². The molecule has 8 nitrogen and oxygen atoms in total. The zero-order valence-electron chi connectivity index (χ0n) is 17.0. The molecule has 1 amide bonds. The van der Waals surface area contributed by atoms with Crippen LogP contribution in [-0.2, 0) is 14.4 Å². The van der Waals surface area contributed by atoms with E-state index in [2.05, 4.69) is 5.16 Å². The molecule has 0 atom stereocenters. The summed E-state index contributed by atoms with van der Waals surface area (Å²) in [7, 11) is 0. The standard InChI is InChI=1S/C22H24N2O6/c1-3-12-29-23-19(15-28-20-9-4-5-10-21(20)30-16(2)25)17-7-6-8-18(14-17)24-11-13-27-22(24)26/h4-10,14H,3,11-13,15H2,1-2H3. The van der Waals surface area contributed by atoms with Gasteiger partial charge in [-0.1, -0.05) is 36.3 Å². The summed E-state index contributed by atoms with van der Waals surface area (Å²) in [5.41, 5.74) is 1.99. The summed E-state index contributed by atoms with van der Waals surface area (Å²) >= 11 is 0. The van der Waals surface area contributed by atoms with Crippen LogP contribution in [0.15, 0.2) is 53.7 Å². The number of cyclic esters (lactones) is 1. The maximum atomic E-state index is 11.9. The van der Waals surface area contributed by atoms with E-state index in [1.54, 1.807) is 29.2 Å². The Balaban J connectivity index is 1.82. The summed E-state index contributed by atoms with van der Waals surface area (Å²) < 4.78 is 16.1. The first-order chi connectivity index (χ1) is 14.6. The van der Waals surface area contributed by atoms with E-state index in [-0.39, 0.29) is 12.7 Å². The highest BCUT2D eigenvalue weighted by atomic mass is 16.6. The van der Waals surface area contributed by atoms with Crippen molar-refractivity contribution in [2.24, 2.45) is 5.16 Å². The lowest BCUT2D eigenvalue weighted by Gasteiger charge is -2.15. The van der Waals surface area contributed by atoms with Crippen LogP contribution in [0.25, 0.3) is 0 Å². The Kier molecular flexibility index (Phi) is 7.26. The number of esters is 1. The van der Waals surface area contributed by atoms with Crippen molar-refractivity contribution in [1.29, 1.82) is 0 Å². The van der Waals surface area contributed by atoms with Crippen LogP contribution < -0.4 is 14.4 Å². The zero-order chi connectivity index (χ0) is 21.3. The molecule has 0 aromatic heterocycles. The Bertz CT molecular complexity index is 927. The number of para-hydroxylation sites is 2. The van der Waals surface area contributed by atoms with Gasteiger partial charge in [0.1, 0.15) is 25.5 Å². The van der Waals surface area contributed by atoms with E-state index in [9.17, 15) is 9.59 Å². The van der Waals surface area contributed by atoms with Crippen LogP contribution in [-0.4, -0.2) is 44.1 Å². The second-order valence-electron chi connectivity index (χ2n) is 6.52. The van der Waals surface area contributed by atoms with Gasteiger partial charge in [0, 0.05) is 18.2 Å².